The van der Waals surface area contributed by atoms with Crippen LogP contribution in [-0.2, 0) is 6.54 Å². The number of carbonyl (C=O) groups is 1. The molecule has 0 unspecified atom stereocenters. The van der Waals surface area contributed by atoms with Gasteiger partial charge < -0.3 is 15.2 Å². The third-order valence-electron chi connectivity index (χ3n) is 2.36. The highest BCUT2D eigenvalue weighted by Gasteiger charge is 2.11. The maximum atomic E-state index is 11.8. The number of nitrogens with one attached hydrogen (secondary N) is 2. The van der Waals surface area contributed by atoms with Gasteiger partial charge in [-0.1, -0.05) is 18.3 Å². The third kappa shape index (κ3) is 4.02. The maximum absolute atomic E-state index is 11.8. The predicted molar refractivity (Wildman–Crippen MR) is 73.2 cm³/mol. The SMILES string of the molecule is CCCNc1nnc(C(=O)NCCn2ccnc2)s1. The smallest absolute Gasteiger partial charge is 0.282 e. The van der Waals surface area contributed by atoms with Gasteiger partial charge >= 0.3 is 0 Å². The van der Waals surface area contributed by atoms with Crippen molar-refractivity contribution >= 4 is 22.4 Å². The van der Waals surface area contributed by atoms with Gasteiger partial charge in [0.2, 0.25) is 10.1 Å². The molecule has 0 radical (unpaired) electrons. The number of anilines is 1. The number of aromatic nitrogens is 4. The summed E-state index contributed by atoms with van der Waals surface area (Å²) >= 11 is 1.26. The molecule has 0 saturated heterocycles. The van der Waals surface area contributed by atoms with Gasteiger partial charge in [0, 0.05) is 32.0 Å². The predicted octanol–water partition coefficient (Wildman–Crippen LogP) is 0.986. The van der Waals surface area contributed by atoms with Gasteiger partial charge in [0.1, 0.15) is 0 Å². The molecule has 102 valence electrons. The summed E-state index contributed by atoms with van der Waals surface area (Å²) in [5.41, 5.74) is 0. The highest BCUT2D eigenvalue weighted by Crippen LogP contribution is 2.14. The second-order valence-electron chi connectivity index (χ2n) is 3.90. The highest BCUT2D eigenvalue weighted by atomic mass is 32.1. The van der Waals surface area contributed by atoms with E-state index in [4.69, 9.17) is 0 Å². The van der Waals surface area contributed by atoms with Gasteiger partial charge in [0.05, 0.1) is 6.33 Å². The average Bonchev–Trinajstić information content (AvgIpc) is 3.07. The zero-order chi connectivity index (χ0) is 13.5. The van der Waals surface area contributed by atoms with E-state index >= 15 is 0 Å². The number of carbonyl (C=O) groups excluding carboxylic acids is 1. The number of hydrogen-bond donors (Lipinski definition) is 2. The van der Waals surface area contributed by atoms with Crippen LogP contribution in [0.1, 0.15) is 23.1 Å². The number of amides is 1. The van der Waals surface area contributed by atoms with E-state index in [-0.39, 0.29) is 5.91 Å². The van der Waals surface area contributed by atoms with E-state index in [0.717, 1.165) is 13.0 Å². The molecule has 1 amide bonds. The molecule has 0 aliphatic carbocycles. The lowest BCUT2D eigenvalue weighted by Crippen LogP contribution is -2.26. The Balaban J connectivity index is 1.77. The molecule has 0 aliphatic rings. The normalized spacial score (nSPS) is 10.4. The second-order valence-corrected chi connectivity index (χ2v) is 4.87. The summed E-state index contributed by atoms with van der Waals surface area (Å²) in [6.45, 7) is 4.12. The summed E-state index contributed by atoms with van der Waals surface area (Å²) < 4.78 is 1.90. The van der Waals surface area contributed by atoms with Crippen molar-refractivity contribution in [2.45, 2.75) is 19.9 Å². The van der Waals surface area contributed by atoms with E-state index in [1.165, 1.54) is 11.3 Å². The Morgan fingerprint density at radius 1 is 1.42 bits per heavy atom. The first kappa shape index (κ1) is 13.5. The van der Waals surface area contributed by atoms with Gasteiger partial charge in [-0.15, -0.1) is 10.2 Å². The van der Waals surface area contributed by atoms with E-state index in [2.05, 4.69) is 32.7 Å². The molecule has 2 aromatic rings. The Bertz CT molecular complexity index is 509. The van der Waals surface area contributed by atoms with Crippen molar-refractivity contribution in [2.24, 2.45) is 0 Å². The average molecular weight is 280 g/mol. The minimum Gasteiger partial charge on any atom is -0.360 e. The third-order valence-corrected chi connectivity index (χ3v) is 3.24. The summed E-state index contributed by atoms with van der Waals surface area (Å²) in [6, 6.07) is 0. The Kier molecular flexibility index (Phi) is 4.85. The van der Waals surface area contributed by atoms with Gasteiger partial charge in [0.15, 0.2) is 0 Å². The van der Waals surface area contributed by atoms with Crippen molar-refractivity contribution < 1.29 is 4.79 Å². The van der Waals surface area contributed by atoms with Gasteiger partial charge in [0.25, 0.3) is 5.91 Å². The number of nitrogens with zero attached hydrogens (tertiary/aromatic N) is 4. The van der Waals surface area contributed by atoms with Crippen LogP contribution < -0.4 is 10.6 Å². The summed E-state index contributed by atoms with van der Waals surface area (Å²) in [5, 5.41) is 14.7. The minimum atomic E-state index is -0.192. The molecule has 7 nitrogen and oxygen atoms in total. The monoisotopic (exact) mass is 280 g/mol. The van der Waals surface area contributed by atoms with Crippen molar-refractivity contribution in [3.05, 3.63) is 23.7 Å². The Labute approximate surface area is 115 Å². The molecule has 2 rings (SSSR count). The van der Waals surface area contributed by atoms with E-state index in [9.17, 15) is 4.79 Å². The van der Waals surface area contributed by atoms with Crippen LogP contribution in [0.4, 0.5) is 5.13 Å². The summed E-state index contributed by atoms with van der Waals surface area (Å²) in [5.74, 6) is -0.192. The lowest BCUT2D eigenvalue weighted by atomic mass is 10.5. The lowest BCUT2D eigenvalue weighted by molar-refractivity contribution is 0.0951. The fourth-order valence-electron chi connectivity index (χ4n) is 1.41. The van der Waals surface area contributed by atoms with Gasteiger partial charge in [-0.05, 0) is 6.42 Å². The number of rotatable bonds is 7. The minimum absolute atomic E-state index is 0.192. The highest BCUT2D eigenvalue weighted by molar-refractivity contribution is 7.17. The quantitative estimate of drug-likeness (QED) is 0.790. The van der Waals surface area contributed by atoms with Crippen molar-refractivity contribution in [1.82, 2.24) is 25.1 Å². The van der Waals surface area contributed by atoms with E-state index in [0.29, 0.717) is 23.2 Å². The molecule has 19 heavy (non-hydrogen) atoms. The molecular formula is C11H16N6OS. The van der Waals surface area contributed by atoms with Gasteiger partial charge in [-0.3, -0.25) is 4.79 Å². The molecule has 0 spiro atoms. The number of imidazole rings is 1. The standard InChI is InChI=1S/C11H16N6OS/c1-2-3-14-11-16-15-10(19-11)9(18)13-5-7-17-6-4-12-8-17/h4,6,8H,2-3,5,7H2,1H3,(H,13,18)(H,14,16). The number of hydrogen-bond acceptors (Lipinski definition) is 6. The van der Waals surface area contributed by atoms with Crippen LogP contribution >= 0.6 is 11.3 Å². The summed E-state index contributed by atoms with van der Waals surface area (Å²) in [6.07, 6.45) is 6.28. The lowest BCUT2D eigenvalue weighted by Gasteiger charge is -2.03. The molecule has 0 bridgehead atoms. The van der Waals surface area contributed by atoms with E-state index in [1.54, 1.807) is 12.5 Å². The van der Waals surface area contributed by atoms with Crippen molar-refractivity contribution in [2.75, 3.05) is 18.4 Å². The van der Waals surface area contributed by atoms with Crippen LogP contribution in [0.5, 0.6) is 0 Å². The summed E-state index contributed by atoms with van der Waals surface area (Å²) in [7, 11) is 0. The molecule has 0 aliphatic heterocycles. The zero-order valence-electron chi connectivity index (χ0n) is 10.7. The molecule has 0 saturated carbocycles. The van der Waals surface area contributed by atoms with Gasteiger partial charge in [-0.25, -0.2) is 4.98 Å². The Hall–Kier alpha value is -1.96. The first-order chi connectivity index (χ1) is 9.29. The molecule has 2 aromatic heterocycles. The molecular weight excluding hydrogens is 264 g/mol. The van der Waals surface area contributed by atoms with Crippen LogP contribution in [0.2, 0.25) is 0 Å². The van der Waals surface area contributed by atoms with Crippen LogP contribution in [0.3, 0.4) is 0 Å². The second kappa shape index (κ2) is 6.83. The molecule has 0 aromatic carbocycles. The van der Waals surface area contributed by atoms with Crippen LogP contribution in [-0.4, -0.2) is 38.7 Å². The van der Waals surface area contributed by atoms with Crippen LogP contribution in [0, 0.1) is 0 Å². The van der Waals surface area contributed by atoms with Crippen LogP contribution in [0.25, 0.3) is 0 Å². The topological polar surface area (TPSA) is 84.7 Å². The zero-order valence-corrected chi connectivity index (χ0v) is 11.5. The van der Waals surface area contributed by atoms with E-state index < -0.39 is 0 Å². The fourth-order valence-corrected chi connectivity index (χ4v) is 2.10. The Morgan fingerprint density at radius 2 is 2.32 bits per heavy atom. The molecule has 8 heteroatoms. The van der Waals surface area contributed by atoms with Crippen LogP contribution in [0.15, 0.2) is 18.7 Å². The largest absolute Gasteiger partial charge is 0.360 e. The van der Waals surface area contributed by atoms with Crippen molar-refractivity contribution in [1.29, 1.82) is 0 Å². The summed E-state index contributed by atoms with van der Waals surface area (Å²) in [4.78, 5) is 15.7. The first-order valence-corrected chi connectivity index (χ1v) is 6.92. The van der Waals surface area contributed by atoms with Crippen molar-refractivity contribution in [3.63, 3.8) is 0 Å². The molecule has 0 fully saturated rings. The van der Waals surface area contributed by atoms with Crippen molar-refractivity contribution in [3.8, 4) is 0 Å². The fraction of sp³-hybridized carbons (Fsp3) is 0.455. The first-order valence-electron chi connectivity index (χ1n) is 6.11. The van der Waals surface area contributed by atoms with Gasteiger partial charge in [-0.2, -0.15) is 0 Å². The molecule has 0 atom stereocenters. The molecule has 2 heterocycles. The Morgan fingerprint density at radius 3 is 3.05 bits per heavy atom. The van der Waals surface area contributed by atoms with E-state index in [1.807, 2.05) is 10.8 Å². The molecule has 2 N–H and O–H groups in total. The maximum Gasteiger partial charge on any atom is 0.282 e.